The van der Waals surface area contributed by atoms with Crippen LogP contribution < -0.4 is 5.32 Å². The molecule has 20 heavy (non-hydrogen) atoms. The highest BCUT2D eigenvalue weighted by atomic mass is 15.1. The standard InChI is InChI=1S/C14H12N6/c1-8-3-17-13-12(8)14(19-7-18-13)20-11-2-9-4-15-5-10(9)6-16-11/h2-4,6-7H,5H2,1H3,(H2,16,17,18,19,20). The van der Waals surface area contributed by atoms with E-state index >= 15 is 0 Å². The summed E-state index contributed by atoms with van der Waals surface area (Å²) >= 11 is 0. The normalized spacial score (nSPS) is 12.8. The van der Waals surface area contributed by atoms with Crippen molar-refractivity contribution < 1.29 is 0 Å². The van der Waals surface area contributed by atoms with Gasteiger partial charge in [0.2, 0.25) is 0 Å². The molecule has 6 heteroatoms. The van der Waals surface area contributed by atoms with Crippen LogP contribution in [-0.4, -0.2) is 26.2 Å². The predicted octanol–water partition coefficient (Wildman–Crippen LogP) is 2.34. The molecule has 2 N–H and O–H groups in total. The van der Waals surface area contributed by atoms with Gasteiger partial charge in [-0.1, -0.05) is 0 Å². The number of nitrogens with one attached hydrogen (secondary N) is 2. The van der Waals surface area contributed by atoms with E-state index in [1.807, 2.05) is 31.6 Å². The van der Waals surface area contributed by atoms with Crippen LogP contribution in [-0.2, 0) is 6.54 Å². The number of fused-ring (bicyclic) bond motifs is 2. The Labute approximate surface area is 115 Å². The monoisotopic (exact) mass is 264 g/mol. The van der Waals surface area contributed by atoms with Gasteiger partial charge in [-0.25, -0.2) is 15.0 Å². The van der Waals surface area contributed by atoms with E-state index in [9.17, 15) is 0 Å². The molecule has 6 nitrogen and oxygen atoms in total. The Bertz CT molecular complexity index is 833. The minimum atomic E-state index is 0.720. The first-order valence-corrected chi connectivity index (χ1v) is 6.36. The molecule has 3 aromatic heterocycles. The van der Waals surface area contributed by atoms with Gasteiger partial charge in [0.25, 0.3) is 0 Å². The molecular formula is C14H12N6. The second-order valence-corrected chi connectivity index (χ2v) is 4.78. The van der Waals surface area contributed by atoms with Gasteiger partial charge >= 0.3 is 0 Å². The quantitative estimate of drug-likeness (QED) is 0.744. The molecular weight excluding hydrogens is 252 g/mol. The van der Waals surface area contributed by atoms with E-state index in [1.165, 1.54) is 6.33 Å². The van der Waals surface area contributed by atoms with Crippen molar-refractivity contribution in [1.82, 2.24) is 19.9 Å². The number of nitrogens with zero attached hydrogens (tertiary/aromatic N) is 4. The topological polar surface area (TPSA) is 78.9 Å². The van der Waals surface area contributed by atoms with Gasteiger partial charge in [0, 0.05) is 29.7 Å². The van der Waals surface area contributed by atoms with Gasteiger partial charge in [0.05, 0.1) is 11.9 Å². The van der Waals surface area contributed by atoms with E-state index in [2.05, 4.69) is 30.2 Å². The second kappa shape index (κ2) is 4.12. The highest BCUT2D eigenvalue weighted by molar-refractivity contribution is 5.92. The minimum absolute atomic E-state index is 0.720. The summed E-state index contributed by atoms with van der Waals surface area (Å²) in [5, 5.41) is 4.25. The second-order valence-electron chi connectivity index (χ2n) is 4.78. The summed E-state index contributed by atoms with van der Waals surface area (Å²) in [5.41, 5.74) is 4.19. The predicted molar refractivity (Wildman–Crippen MR) is 77.4 cm³/mol. The molecule has 0 bridgehead atoms. The largest absolute Gasteiger partial charge is 0.346 e. The molecule has 4 rings (SSSR count). The van der Waals surface area contributed by atoms with Gasteiger partial charge < -0.3 is 10.3 Å². The number of aromatic nitrogens is 4. The van der Waals surface area contributed by atoms with E-state index < -0.39 is 0 Å². The van der Waals surface area contributed by atoms with Crippen LogP contribution in [0.3, 0.4) is 0 Å². The summed E-state index contributed by atoms with van der Waals surface area (Å²) in [7, 11) is 0. The van der Waals surface area contributed by atoms with Crippen molar-refractivity contribution in [2.45, 2.75) is 13.5 Å². The van der Waals surface area contributed by atoms with Crippen molar-refractivity contribution in [3.8, 4) is 0 Å². The summed E-state index contributed by atoms with van der Waals surface area (Å²) in [6.07, 6.45) is 7.19. The van der Waals surface area contributed by atoms with E-state index in [4.69, 9.17) is 0 Å². The molecule has 0 saturated heterocycles. The lowest BCUT2D eigenvalue weighted by Crippen LogP contribution is -1.99. The van der Waals surface area contributed by atoms with Crippen LogP contribution in [0.4, 0.5) is 11.6 Å². The lowest BCUT2D eigenvalue weighted by atomic mass is 10.2. The van der Waals surface area contributed by atoms with Gasteiger partial charge in [-0.05, 0) is 18.6 Å². The number of aryl methyl sites for hydroxylation is 1. The van der Waals surface area contributed by atoms with Gasteiger partial charge in [0.1, 0.15) is 23.6 Å². The van der Waals surface area contributed by atoms with Crippen molar-refractivity contribution in [2.75, 3.05) is 5.32 Å². The van der Waals surface area contributed by atoms with Crippen LogP contribution in [0.2, 0.25) is 0 Å². The molecule has 0 aromatic carbocycles. The molecule has 0 atom stereocenters. The third kappa shape index (κ3) is 1.65. The maximum absolute atomic E-state index is 4.40. The number of aromatic amines is 1. The first-order chi connectivity index (χ1) is 9.81. The molecule has 98 valence electrons. The van der Waals surface area contributed by atoms with Crippen molar-refractivity contribution >= 4 is 28.9 Å². The summed E-state index contributed by atoms with van der Waals surface area (Å²) in [6, 6.07) is 1.99. The maximum Gasteiger partial charge on any atom is 0.144 e. The molecule has 0 amide bonds. The Kier molecular flexibility index (Phi) is 2.29. The molecule has 0 spiro atoms. The number of H-pyrrole nitrogens is 1. The number of hydrogen-bond donors (Lipinski definition) is 2. The molecule has 0 unspecified atom stereocenters. The van der Waals surface area contributed by atoms with E-state index in [0.29, 0.717) is 0 Å². The fourth-order valence-corrected chi connectivity index (χ4v) is 2.40. The third-order valence-corrected chi connectivity index (χ3v) is 3.43. The number of aliphatic imine (C=N–C) groups is 1. The summed E-state index contributed by atoms with van der Waals surface area (Å²) in [4.78, 5) is 20.3. The zero-order chi connectivity index (χ0) is 13.5. The number of rotatable bonds is 2. The number of hydrogen-bond acceptors (Lipinski definition) is 5. The fraction of sp³-hybridized carbons (Fsp3) is 0.143. The summed E-state index contributed by atoms with van der Waals surface area (Å²) < 4.78 is 0. The van der Waals surface area contributed by atoms with Crippen molar-refractivity contribution in [3.63, 3.8) is 0 Å². The first-order valence-electron chi connectivity index (χ1n) is 6.36. The van der Waals surface area contributed by atoms with E-state index in [1.54, 1.807) is 0 Å². The molecule has 3 aromatic rings. The Morgan fingerprint density at radius 1 is 1.25 bits per heavy atom. The highest BCUT2D eigenvalue weighted by Gasteiger charge is 2.11. The van der Waals surface area contributed by atoms with Gasteiger partial charge in [0.15, 0.2) is 0 Å². The van der Waals surface area contributed by atoms with Gasteiger partial charge in [-0.3, -0.25) is 4.99 Å². The Morgan fingerprint density at radius 3 is 3.15 bits per heavy atom. The van der Waals surface area contributed by atoms with E-state index in [0.717, 1.165) is 45.9 Å². The smallest absolute Gasteiger partial charge is 0.144 e. The maximum atomic E-state index is 4.40. The molecule has 4 heterocycles. The van der Waals surface area contributed by atoms with Crippen LogP contribution in [0, 0.1) is 6.92 Å². The van der Waals surface area contributed by atoms with Crippen LogP contribution in [0.15, 0.2) is 29.8 Å². The van der Waals surface area contributed by atoms with Gasteiger partial charge in [-0.2, -0.15) is 0 Å². The number of anilines is 2. The Hall–Kier alpha value is -2.76. The van der Waals surface area contributed by atoms with Crippen molar-refractivity contribution in [3.05, 3.63) is 41.5 Å². The minimum Gasteiger partial charge on any atom is -0.346 e. The Balaban J connectivity index is 1.77. The molecule has 0 saturated carbocycles. The lowest BCUT2D eigenvalue weighted by Gasteiger charge is -2.07. The molecule has 0 radical (unpaired) electrons. The first kappa shape index (κ1) is 11.1. The zero-order valence-corrected chi connectivity index (χ0v) is 10.9. The van der Waals surface area contributed by atoms with Crippen molar-refractivity contribution in [2.24, 2.45) is 4.99 Å². The average molecular weight is 264 g/mol. The highest BCUT2D eigenvalue weighted by Crippen LogP contribution is 2.25. The summed E-state index contributed by atoms with van der Waals surface area (Å²) in [5.74, 6) is 1.52. The third-order valence-electron chi connectivity index (χ3n) is 3.43. The molecule has 0 aliphatic carbocycles. The fourth-order valence-electron chi connectivity index (χ4n) is 2.40. The lowest BCUT2D eigenvalue weighted by molar-refractivity contribution is 1.08. The summed E-state index contributed by atoms with van der Waals surface area (Å²) in [6.45, 7) is 2.74. The average Bonchev–Trinajstić information content (AvgIpc) is 3.06. The number of pyridine rings is 1. The van der Waals surface area contributed by atoms with Crippen LogP contribution in [0.25, 0.3) is 11.0 Å². The van der Waals surface area contributed by atoms with Crippen LogP contribution in [0.5, 0.6) is 0 Å². The molecule has 1 aliphatic rings. The van der Waals surface area contributed by atoms with Crippen molar-refractivity contribution in [1.29, 1.82) is 0 Å². The molecule has 1 aliphatic heterocycles. The molecule has 0 fully saturated rings. The van der Waals surface area contributed by atoms with Gasteiger partial charge in [-0.15, -0.1) is 0 Å². The zero-order valence-electron chi connectivity index (χ0n) is 10.9. The SMILES string of the molecule is Cc1c[nH]c2ncnc(Nc3cc4c(cn3)CN=C4)c12. The van der Waals surface area contributed by atoms with Crippen LogP contribution in [0.1, 0.15) is 16.7 Å². The van der Waals surface area contributed by atoms with E-state index in [-0.39, 0.29) is 0 Å². The van der Waals surface area contributed by atoms with Crippen LogP contribution >= 0.6 is 0 Å². The Morgan fingerprint density at radius 2 is 2.20 bits per heavy atom.